The highest BCUT2D eigenvalue weighted by Gasteiger charge is 2.39. The summed E-state index contributed by atoms with van der Waals surface area (Å²) in [5.74, 6) is -0.441. The normalized spacial score (nSPS) is 24.0. The van der Waals surface area contributed by atoms with Gasteiger partial charge in [0, 0.05) is 24.5 Å². The maximum Gasteiger partial charge on any atom is 0.416 e. The van der Waals surface area contributed by atoms with Crippen LogP contribution in [-0.2, 0) is 6.18 Å². The van der Waals surface area contributed by atoms with Crippen LogP contribution in [-0.4, -0.2) is 23.5 Å². The van der Waals surface area contributed by atoms with Crippen molar-refractivity contribution in [3.05, 3.63) is 35.4 Å². The van der Waals surface area contributed by atoms with Gasteiger partial charge in [0.1, 0.15) is 0 Å². The van der Waals surface area contributed by atoms with Crippen LogP contribution in [0.3, 0.4) is 0 Å². The van der Waals surface area contributed by atoms with E-state index in [2.05, 4.69) is 31.7 Å². The molecule has 0 aliphatic carbocycles. The molecule has 1 saturated heterocycles. The van der Waals surface area contributed by atoms with Crippen LogP contribution in [0.1, 0.15) is 37.8 Å². The number of benzene rings is 1. The second kappa shape index (κ2) is 5.34. The predicted molar refractivity (Wildman–Crippen MR) is 74.6 cm³/mol. The summed E-state index contributed by atoms with van der Waals surface area (Å²) in [7, 11) is 0. The number of hydrogen-bond donors (Lipinski definition) is 0. The minimum absolute atomic E-state index is 0.0918. The van der Waals surface area contributed by atoms with Crippen molar-refractivity contribution in [3.63, 3.8) is 0 Å². The first-order chi connectivity index (χ1) is 9.63. The van der Waals surface area contributed by atoms with Gasteiger partial charge in [-0.2, -0.15) is 18.4 Å². The summed E-state index contributed by atoms with van der Waals surface area (Å²) in [5, 5.41) is 9.31. The molecule has 0 spiro atoms. The van der Waals surface area contributed by atoms with Gasteiger partial charge < -0.3 is 0 Å². The number of rotatable bonds is 1. The number of nitrogens with zero attached hydrogens (tertiary/aromatic N) is 2. The molecule has 0 saturated carbocycles. The summed E-state index contributed by atoms with van der Waals surface area (Å²) in [6.45, 7) is 7.37. The minimum Gasteiger partial charge on any atom is -0.297 e. The van der Waals surface area contributed by atoms with Crippen LogP contribution in [0.2, 0.25) is 0 Å². The van der Waals surface area contributed by atoms with Gasteiger partial charge in [-0.25, -0.2) is 0 Å². The summed E-state index contributed by atoms with van der Waals surface area (Å²) in [6, 6.07) is 7.62. The van der Waals surface area contributed by atoms with Crippen LogP contribution < -0.4 is 0 Å². The average Bonchev–Trinajstić information content (AvgIpc) is 2.82. The highest BCUT2D eigenvalue weighted by Crippen LogP contribution is 2.38. The van der Waals surface area contributed by atoms with Crippen molar-refractivity contribution in [2.45, 2.75) is 38.4 Å². The Balaban J connectivity index is 2.31. The Bertz CT molecular complexity index is 552. The van der Waals surface area contributed by atoms with Gasteiger partial charge >= 0.3 is 6.18 Å². The zero-order valence-corrected chi connectivity index (χ0v) is 12.4. The Labute approximate surface area is 123 Å². The third-order valence-corrected chi connectivity index (χ3v) is 4.08. The highest BCUT2D eigenvalue weighted by atomic mass is 19.4. The molecule has 0 amide bonds. The highest BCUT2D eigenvalue weighted by molar-refractivity contribution is 5.31. The Morgan fingerprint density at radius 2 is 1.86 bits per heavy atom. The lowest BCUT2D eigenvalue weighted by Crippen LogP contribution is -2.39. The molecule has 2 atom stereocenters. The molecule has 1 aromatic carbocycles. The predicted octanol–water partition coefficient (Wildman–Crippen LogP) is 4.04. The van der Waals surface area contributed by atoms with Crippen LogP contribution in [0.25, 0.3) is 0 Å². The number of halogens is 3. The molecule has 114 valence electrons. The molecular formula is C16H19F3N2. The van der Waals surface area contributed by atoms with Crippen molar-refractivity contribution in [1.29, 1.82) is 5.26 Å². The SMILES string of the molecule is CC(C)(C)N1C[C@H](c2cccc(C(F)(F)F)c2)[C@@H](C#N)C1. The molecule has 0 radical (unpaired) electrons. The first kappa shape index (κ1) is 15.8. The van der Waals surface area contributed by atoms with Crippen molar-refractivity contribution in [2.24, 2.45) is 5.92 Å². The van der Waals surface area contributed by atoms with Crippen molar-refractivity contribution >= 4 is 0 Å². The van der Waals surface area contributed by atoms with E-state index in [4.69, 9.17) is 0 Å². The van der Waals surface area contributed by atoms with Gasteiger partial charge in [-0.15, -0.1) is 0 Å². The van der Waals surface area contributed by atoms with Gasteiger partial charge in [0.05, 0.1) is 17.6 Å². The van der Waals surface area contributed by atoms with E-state index in [0.717, 1.165) is 6.07 Å². The van der Waals surface area contributed by atoms with E-state index in [1.54, 1.807) is 6.07 Å². The fourth-order valence-electron chi connectivity index (χ4n) is 2.77. The number of alkyl halides is 3. The van der Waals surface area contributed by atoms with Gasteiger partial charge in [-0.1, -0.05) is 18.2 Å². The van der Waals surface area contributed by atoms with Crippen LogP contribution >= 0.6 is 0 Å². The number of nitriles is 1. The van der Waals surface area contributed by atoms with Crippen molar-refractivity contribution in [2.75, 3.05) is 13.1 Å². The first-order valence-corrected chi connectivity index (χ1v) is 6.95. The third-order valence-electron chi connectivity index (χ3n) is 4.08. The lowest BCUT2D eigenvalue weighted by Gasteiger charge is -2.31. The zero-order chi connectivity index (χ0) is 15.8. The molecule has 0 aromatic heterocycles. The second-order valence-electron chi connectivity index (χ2n) is 6.54. The summed E-state index contributed by atoms with van der Waals surface area (Å²) >= 11 is 0. The molecule has 1 aliphatic rings. The fourth-order valence-corrected chi connectivity index (χ4v) is 2.77. The molecule has 0 unspecified atom stereocenters. The Morgan fingerprint density at radius 3 is 2.38 bits per heavy atom. The number of likely N-dealkylation sites (tertiary alicyclic amines) is 1. The van der Waals surface area contributed by atoms with E-state index in [1.165, 1.54) is 12.1 Å². The van der Waals surface area contributed by atoms with Crippen LogP contribution in [0.4, 0.5) is 13.2 Å². The zero-order valence-electron chi connectivity index (χ0n) is 12.4. The molecule has 1 fully saturated rings. The van der Waals surface area contributed by atoms with Crippen LogP contribution in [0, 0.1) is 17.2 Å². The van der Waals surface area contributed by atoms with E-state index in [9.17, 15) is 18.4 Å². The fraction of sp³-hybridized carbons (Fsp3) is 0.562. The summed E-state index contributed by atoms with van der Waals surface area (Å²) < 4.78 is 38.5. The summed E-state index contributed by atoms with van der Waals surface area (Å²) in [6.07, 6.45) is -4.35. The topological polar surface area (TPSA) is 27.0 Å². The first-order valence-electron chi connectivity index (χ1n) is 6.95. The van der Waals surface area contributed by atoms with Gasteiger partial charge in [0.15, 0.2) is 0 Å². The van der Waals surface area contributed by atoms with Crippen molar-refractivity contribution in [1.82, 2.24) is 4.90 Å². The largest absolute Gasteiger partial charge is 0.416 e. The van der Waals surface area contributed by atoms with Gasteiger partial charge in [-0.05, 0) is 32.4 Å². The lowest BCUT2D eigenvalue weighted by molar-refractivity contribution is -0.137. The molecule has 5 heteroatoms. The molecule has 0 N–H and O–H groups in total. The van der Waals surface area contributed by atoms with E-state index in [0.29, 0.717) is 18.7 Å². The molecular weight excluding hydrogens is 277 g/mol. The van der Waals surface area contributed by atoms with E-state index in [1.807, 2.05) is 0 Å². The Morgan fingerprint density at radius 1 is 1.19 bits per heavy atom. The molecule has 1 aromatic rings. The minimum atomic E-state index is -4.35. The molecule has 2 nitrogen and oxygen atoms in total. The van der Waals surface area contributed by atoms with Crippen molar-refractivity contribution < 1.29 is 13.2 Å². The summed E-state index contributed by atoms with van der Waals surface area (Å²) in [5.41, 5.74) is -0.139. The van der Waals surface area contributed by atoms with E-state index < -0.39 is 11.7 Å². The molecule has 1 aliphatic heterocycles. The average molecular weight is 296 g/mol. The quantitative estimate of drug-likeness (QED) is 0.782. The molecule has 21 heavy (non-hydrogen) atoms. The van der Waals surface area contributed by atoms with Gasteiger partial charge in [0.25, 0.3) is 0 Å². The van der Waals surface area contributed by atoms with Gasteiger partial charge in [-0.3, -0.25) is 4.90 Å². The Kier molecular flexibility index (Phi) is 4.03. The second-order valence-corrected chi connectivity index (χ2v) is 6.54. The maximum atomic E-state index is 12.8. The lowest BCUT2D eigenvalue weighted by atomic mass is 9.89. The molecule has 2 rings (SSSR count). The number of hydrogen-bond acceptors (Lipinski definition) is 2. The third kappa shape index (κ3) is 3.38. The monoisotopic (exact) mass is 296 g/mol. The van der Waals surface area contributed by atoms with Crippen LogP contribution in [0.5, 0.6) is 0 Å². The summed E-state index contributed by atoms with van der Waals surface area (Å²) in [4.78, 5) is 2.16. The van der Waals surface area contributed by atoms with E-state index >= 15 is 0 Å². The van der Waals surface area contributed by atoms with Crippen LogP contribution in [0.15, 0.2) is 24.3 Å². The molecule has 0 bridgehead atoms. The maximum absolute atomic E-state index is 12.8. The molecule has 1 heterocycles. The standard InChI is InChI=1S/C16H19F3N2/c1-15(2,3)21-9-12(8-20)14(10-21)11-5-4-6-13(7-11)16(17,18)19/h4-7,12,14H,9-10H2,1-3H3/t12-,14+/m0/s1. The Hall–Kier alpha value is -1.54. The smallest absolute Gasteiger partial charge is 0.297 e. The van der Waals surface area contributed by atoms with Crippen molar-refractivity contribution in [3.8, 4) is 6.07 Å². The van der Waals surface area contributed by atoms with E-state index in [-0.39, 0.29) is 17.4 Å². The van der Waals surface area contributed by atoms with Gasteiger partial charge in [0.2, 0.25) is 0 Å².